The van der Waals surface area contributed by atoms with Gasteiger partial charge in [0.15, 0.2) is 17.5 Å². The molecule has 0 radical (unpaired) electrons. The number of aromatic nitrogens is 7. The van der Waals surface area contributed by atoms with E-state index in [2.05, 4.69) is 291 Å². The van der Waals surface area contributed by atoms with Gasteiger partial charge in [0.2, 0.25) is 0 Å². The van der Waals surface area contributed by atoms with E-state index in [0.29, 0.717) is 17.5 Å². The highest BCUT2D eigenvalue weighted by molar-refractivity contribution is 6.40. The molecule has 7 heteroatoms. The Hall–Kier alpha value is -11.9. The fraction of sp³-hybridized carbons (Fsp3) is 0. The standard InChI is InChI=1S/C81H51N7/c1-7-25-52(26-8-1)56-43-46-69-64(49-56)65-50-57(53-27-9-2-10-28-53)44-47-70(65)87(69)72-51-58(81-83-79(54-29-11-3-12-30-54)82-80(84-81)55-31-13-4-14-32-55)45-48-71(72)88-68-42-24-21-39-63(68)75-77-73(61-37-19-22-40-66(61)85(77)59-33-15-5-16-34-59)76-74(78(75)88)62-38-20-23-41-67(62)86(76)60-35-17-6-18-36-60/h1-51H. The molecule has 0 fully saturated rings. The Kier molecular flexibility index (Phi) is 11.2. The van der Waals surface area contributed by atoms with E-state index in [1.807, 2.05) is 36.4 Å². The first kappa shape index (κ1) is 49.5. The summed E-state index contributed by atoms with van der Waals surface area (Å²) in [6, 6.07) is 112. The van der Waals surface area contributed by atoms with Gasteiger partial charge in [0, 0.05) is 71.2 Å². The van der Waals surface area contributed by atoms with E-state index in [1.54, 1.807) is 0 Å². The molecule has 410 valence electrons. The molecule has 18 rings (SSSR count). The average Bonchev–Trinajstić information content (AvgIpc) is 2.97. The van der Waals surface area contributed by atoms with Gasteiger partial charge >= 0.3 is 0 Å². The van der Waals surface area contributed by atoms with Gasteiger partial charge in [-0.15, -0.1) is 0 Å². The summed E-state index contributed by atoms with van der Waals surface area (Å²) in [5.74, 6) is 1.78. The summed E-state index contributed by atoms with van der Waals surface area (Å²) in [7, 11) is 0. The van der Waals surface area contributed by atoms with E-state index in [-0.39, 0.29) is 0 Å². The summed E-state index contributed by atoms with van der Waals surface area (Å²) < 4.78 is 10.1. The quantitative estimate of drug-likeness (QED) is 0.145. The van der Waals surface area contributed by atoms with Gasteiger partial charge in [-0.3, -0.25) is 0 Å². The molecule has 0 amide bonds. The van der Waals surface area contributed by atoms with Gasteiger partial charge in [-0.1, -0.05) is 224 Å². The number of nitrogens with zero attached hydrogens (tertiary/aromatic N) is 7. The van der Waals surface area contributed by atoms with Gasteiger partial charge < -0.3 is 18.3 Å². The first-order valence-electron chi connectivity index (χ1n) is 29.9. The van der Waals surface area contributed by atoms with Crippen LogP contribution in [0, 0.1) is 0 Å². The summed E-state index contributed by atoms with van der Waals surface area (Å²) in [6.45, 7) is 0. The highest BCUT2D eigenvalue weighted by Gasteiger charge is 2.30. The monoisotopic (exact) mass is 1120 g/mol. The van der Waals surface area contributed by atoms with E-state index in [0.717, 1.165) is 127 Å². The van der Waals surface area contributed by atoms with E-state index in [1.165, 1.54) is 21.5 Å². The molecule has 7 nitrogen and oxygen atoms in total. The lowest BCUT2D eigenvalue weighted by atomic mass is 10.0. The molecule has 0 aliphatic heterocycles. The van der Waals surface area contributed by atoms with Gasteiger partial charge in [-0.25, -0.2) is 15.0 Å². The van der Waals surface area contributed by atoms with Crippen LogP contribution in [0.5, 0.6) is 0 Å². The average molecular weight is 1120 g/mol. The topological polar surface area (TPSA) is 58.4 Å². The fourth-order valence-corrected chi connectivity index (χ4v) is 14.0. The fourth-order valence-electron chi connectivity index (χ4n) is 14.0. The van der Waals surface area contributed by atoms with Crippen molar-refractivity contribution in [3.63, 3.8) is 0 Å². The van der Waals surface area contributed by atoms with Crippen LogP contribution in [0.3, 0.4) is 0 Å². The first-order valence-corrected chi connectivity index (χ1v) is 29.9. The SMILES string of the molecule is c1ccc(-c2ccc3c(c2)c2cc(-c4ccccc4)ccc2n3-c2cc(-c3nc(-c4ccccc4)nc(-c4ccccc4)n3)ccc2-n2c3ccccc3c3c4c(c5ccccc5n4-c4ccccc4)c4c(c5ccccc5n4-c4ccccc4)c32)cc1. The summed E-state index contributed by atoms with van der Waals surface area (Å²) in [5.41, 5.74) is 20.3. The molecule has 0 spiro atoms. The van der Waals surface area contributed by atoms with Crippen molar-refractivity contribution in [2.75, 3.05) is 0 Å². The van der Waals surface area contributed by atoms with Gasteiger partial charge in [0.25, 0.3) is 0 Å². The van der Waals surface area contributed by atoms with Gasteiger partial charge in [0.05, 0.1) is 55.5 Å². The number of benzene rings is 13. The zero-order valence-corrected chi connectivity index (χ0v) is 47.6. The molecule has 0 bridgehead atoms. The van der Waals surface area contributed by atoms with Crippen molar-refractivity contribution in [1.82, 2.24) is 33.2 Å². The molecule has 88 heavy (non-hydrogen) atoms. The largest absolute Gasteiger partial charge is 0.308 e. The smallest absolute Gasteiger partial charge is 0.164 e. The minimum atomic E-state index is 0.573. The van der Waals surface area contributed by atoms with Crippen LogP contribution in [-0.4, -0.2) is 33.2 Å². The minimum absolute atomic E-state index is 0.573. The van der Waals surface area contributed by atoms with Crippen LogP contribution in [-0.2, 0) is 0 Å². The summed E-state index contributed by atoms with van der Waals surface area (Å²) >= 11 is 0. The Morgan fingerprint density at radius 1 is 0.193 bits per heavy atom. The van der Waals surface area contributed by atoms with E-state index in [4.69, 9.17) is 15.0 Å². The van der Waals surface area contributed by atoms with Crippen molar-refractivity contribution in [2.45, 2.75) is 0 Å². The van der Waals surface area contributed by atoms with Gasteiger partial charge in [-0.2, -0.15) is 0 Å². The molecule has 0 aliphatic rings. The second-order valence-electron chi connectivity index (χ2n) is 22.7. The highest BCUT2D eigenvalue weighted by atomic mass is 15.1. The summed E-state index contributed by atoms with van der Waals surface area (Å²) in [4.78, 5) is 15.9. The Morgan fingerprint density at radius 3 is 0.932 bits per heavy atom. The molecular formula is C81H51N7. The summed E-state index contributed by atoms with van der Waals surface area (Å²) in [6.07, 6.45) is 0. The number of rotatable bonds is 9. The van der Waals surface area contributed by atoms with Crippen LogP contribution >= 0.6 is 0 Å². The van der Waals surface area contributed by atoms with Crippen LogP contribution in [0.4, 0.5) is 0 Å². The molecule has 0 unspecified atom stereocenters. The molecule has 5 aromatic heterocycles. The van der Waals surface area contributed by atoms with E-state index >= 15 is 0 Å². The molecular weight excluding hydrogens is 1070 g/mol. The lowest BCUT2D eigenvalue weighted by Crippen LogP contribution is -2.06. The van der Waals surface area contributed by atoms with E-state index < -0.39 is 0 Å². The van der Waals surface area contributed by atoms with Crippen LogP contribution in [0.1, 0.15) is 0 Å². The number of para-hydroxylation sites is 5. The third kappa shape index (κ3) is 7.60. The maximum Gasteiger partial charge on any atom is 0.164 e. The van der Waals surface area contributed by atoms with E-state index in [9.17, 15) is 0 Å². The predicted octanol–water partition coefficient (Wildman–Crippen LogP) is 20.6. The zero-order valence-electron chi connectivity index (χ0n) is 47.6. The molecule has 0 aliphatic carbocycles. The molecule has 0 saturated heterocycles. The maximum absolute atomic E-state index is 5.39. The molecule has 0 N–H and O–H groups in total. The molecule has 5 heterocycles. The van der Waals surface area contributed by atoms with Crippen molar-refractivity contribution < 1.29 is 0 Å². The zero-order chi connectivity index (χ0) is 57.8. The van der Waals surface area contributed by atoms with Crippen LogP contribution < -0.4 is 0 Å². The minimum Gasteiger partial charge on any atom is -0.308 e. The molecule has 13 aromatic carbocycles. The third-order valence-electron chi connectivity index (χ3n) is 17.8. The second kappa shape index (κ2) is 19.8. The maximum atomic E-state index is 5.39. The van der Waals surface area contributed by atoms with Crippen LogP contribution in [0.15, 0.2) is 309 Å². The Morgan fingerprint density at radius 2 is 0.511 bits per heavy atom. The molecule has 0 saturated carbocycles. The van der Waals surface area contributed by atoms with Crippen molar-refractivity contribution in [3.8, 4) is 79.2 Å². The first-order chi connectivity index (χ1) is 43.7. The molecule has 18 aromatic rings. The Bertz CT molecular complexity index is 5540. The normalized spacial score (nSPS) is 11.9. The third-order valence-corrected chi connectivity index (χ3v) is 17.8. The van der Waals surface area contributed by atoms with Crippen LogP contribution in [0.2, 0.25) is 0 Å². The van der Waals surface area contributed by atoms with Gasteiger partial charge in [0.1, 0.15) is 0 Å². The van der Waals surface area contributed by atoms with Gasteiger partial charge in [-0.05, 0) is 107 Å². The Balaban J connectivity index is 1.04. The van der Waals surface area contributed by atoms with Crippen LogP contribution in [0.25, 0.3) is 166 Å². The summed E-state index contributed by atoms with van der Waals surface area (Å²) in [5, 5.41) is 9.33. The van der Waals surface area contributed by atoms with Crippen molar-refractivity contribution in [1.29, 1.82) is 0 Å². The van der Waals surface area contributed by atoms with Crippen molar-refractivity contribution >= 4 is 87.2 Å². The van der Waals surface area contributed by atoms with Crippen molar-refractivity contribution in [3.05, 3.63) is 309 Å². The lowest BCUT2D eigenvalue weighted by molar-refractivity contribution is 1.06. The highest BCUT2D eigenvalue weighted by Crippen LogP contribution is 2.51. The predicted molar refractivity (Wildman–Crippen MR) is 364 cm³/mol. The lowest BCUT2D eigenvalue weighted by Gasteiger charge is -2.19. The number of hydrogen-bond donors (Lipinski definition) is 0. The molecule has 0 atom stereocenters. The Labute approximate surface area is 506 Å². The number of fused-ring (bicyclic) bond motifs is 15. The number of hydrogen-bond acceptors (Lipinski definition) is 3. The van der Waals surface area contributed by atoms with Crippen molar-refractivity contribution in [2.24, 2.45) is 0 Å². The second-order valence-corrected chi connectivity index (χ2v) is 22.7.